The van der Waals surface area contributed by atoms with Crippen LogP contribution >= 0.6 is 0 Å². The summed E-state index contributed by atoms with van der Waals surface area (Å²) >= 11 is 0. The molecule has 0 heterocycles. The standard InChI is InChI=1S/C30H41N3O8/c1-5-9-10-14-23(26(6-2)33(39)19-34)29(37)32-18-31-28(36)21-13-11-12-20(15-21)24-16-22(40-7-3)17-25(27(24)35)30(38)41-8-4/h11-13,15-17,19,23,26,35,39H,5-10,14,18H2,1-4H3,(H,31,36)(H,32,37)/t23-,26-/m1/s1. The molecule has 0 unspecified atom stereocenters. The number of ether oxygens (including phenoxy) is 2. The third-order valence-corrected chi connectivity index (χ3v) is 6.62. The maximum Gasteiger partial charge on any atom is 0.342 e. The number of nitrogens with zero attached hydrogens (tertiary/aromatic N) is 1. The molecule has 3 amide bonds. The van der Waals surface area contributed by atoms with Gasteiger partial charge in [0.1, 0.15) is 17.1 Å². The number of phenolic OH excluding ortho intramolecular Hbond substituents is 1. The molecule has 4 N–H and O–H groups in total. The fourth-order valence-electron chi connectivity index (χ4n) is 4.56. The molecule has 0 spiro atoms. The summed E-state index contributed by atoms with van der Waals surface area (Å²) in [5.74, 6) is -2.15. The molecule has 2 aromatic rings. The maximum atomic E-state index is 13.0. The Kier molecular flexibility index (Phi) is 13.6. The zero-order valence-electron chi connectivity index (χ0n) is 24.1. The van der Waals surface area contributed by atoms with Gasteiger partial charge in [-0.2, -0.15) is 0 Å². The number of carbonyl (C=O) groups is 4. The lowest BCUT2D eigenvalue weighted by molar-refractivity contribution is -0.168. The number of carbonyl (C=O) groups excluding carboxylic acids is 4. The molecule has 0 aliphatic heterocycles. The number of amides is 3. The average molecular weight is 572 g/mol. The Morgan fingerprint density at radius 1 is 1.02 bits per heavy atom. The molecule has 0 aliphatic rings. The van der Waals surface area contributed by atoms with Crippen LogP contribution in [-0.2, 0) is 14.3 Å². The summed E-state index contributed by atoms with van der Waals surface area (Å²) in [5, 5.41) is 26.7. The highest BCUT2D eigenvalue weighted by molar-refractivity contribution is 5.98. The monoisotopic (exact) mass is 571 g/mol. The second-order valence-corrected chi connectivity index (χ2v) is 9.39. The summed E-state index contributed by atoms with van der Waals surface area (Å²) in [6, 6.07) is 8.73. The van der Waals surface area contributed by atoms with E-state index < -0.39 is 23.8 Å². The van der Waals surface area contributed by atoms with Gasteiger partial charge in [-0.3, -0.25) is 19.6 Å². The minimum Gasteiger partial charge on any atom is -0.506 e. The summed E-state index contributed by atoms with van der Waals surface area (Å²) < 4.78 is 10.6. The van der Waals surface area contributed by atoms with Gasteiger partial charge in [0.2, 0.25) is 12.3 Å². The SMILES string of the molecule is CCCCC[C@@H](C(=O)NCNC(=O)c1cccc(-c2cc(OCC)cc(C(=O)OCC)c2O)c1)[C@@H](CC)N(O)C=O. The van der Waals surface area contributed by atoms with E-state index in [1.807, 2.05) is 6.92 Å². The van der Waals surface area contributed by atoms with Crippen molar-refractivity contribution in [2.45, 2.75) is 65.8 Å². The van der Waals surface area contributed by atoms with Crippen LogP contribution in [0.4, 0.5) is 0 Å². The van der Waals surface area contributed by atoms with Gasteiger partial charge < -0.3 is 25.2 Å². The van der Waals surface area contributed by atoms with E-state index in [1.54, 1.807) is 51.1 Å². The van der Waals surface area contributed by atoms with Gasteiger partial charge >= 0.3 is 5.97 Å². The van der Waals surface area contributed by atoms with Gasteiger partial charge in [0.25, 0.3) is 5.91 Å². The number of esters is 1. The Morgan fingerprint density at radius 2 is 1.78 bits per heavy atom. The first-order valence-electron chi connectivity index (χ1n) is 14.0. The van der Waals surface area contributed by atoms with E-state index in [9.17, 15) is 29.5 Å². The van der Waals surface area contributed by atoms with Crippen LogP contribution in [-0.4, -0.2) is 65.5 Å². The molecule has 2 aromatic carbocycles. The van der Waals surface area contributed by atoms with Crippen molar-refractivity contribution >= 4 is 24.2 Å². The Labute approximate surface area is 240 Å². The molecule has 0 saturated heterocycles. The van der Waals surface area contributed by atoms with Crippen molar-refractivity contribution in [1.82, 2.24) is 15.7 Å². The highest BCUT2D eigenvalue weighted by Crippen LogP contribution is 2.37. The van der Waals surface area contributed by atoms with E-state index in [4.69, 9.17) is 9.47 Å². The zero-order chi connectivity index (χ0) is 30.4. The fourth-order valence-corrected chi connectivity index (χ4v) is 4.56. The number of aromatic hydroxyl groups is 1. The third kappa shape index (κ3) is 9.21. The molecule has 0 saturated carbocycles. The summed E-state index contributed by atoms with van der Waals surface area (Å²) in [5.41, 5.74) is 0.945. The number of phenols is 1. The first-order valence-corrected chi connectivity index (χ1v) is 14.0. The van der Waals surface area contributed by atoms with Gasteiger partial charge in [0, 0.05) is 11.1 Å². The van der Waals surface area contributed by atoms with E-state index in [1.165, 1.54) is 6.07 Å². The summed E-state index contributed by atoms with van der Waals surface area (Å²) in [7, 11) is 0. The molecular weight excluding hydrogens is 530 g/mol. The molecule has 0 aliphatic carbocycles. The summed E-state index contributed by atoms with van der Waals surface area (Å²) in [6.45, 7) is 7.57. The highest BCUT2D eigenvalue weighted by atomic mass is 16.5. The molecule has 2 rings (SSSR count). The van der Waals surface area contributed by atoms with E-state index in [2.05, 4.69) is 10.6 Å². The van der Waals surface area contributed by atoms with Crippen LogP contribution in [0, 0.1) is 5.92 Å². The van der Waals surface area contributed by atoms with Gasteiger partial charge in [-0.05, 0) is 56.5 Å². The van der Waals surface area contributed by atoms with Crippen molar-refractivity contribution in [3.63, 3.8) is 0 Å². The van der Waals surface area contributed by atoms with Gasteiger partial charge in [-0.25, -0.2) is 9.86 Å². The second kappa shape index (κ2) is 16.9. The van der Waals surface area contributed by atoms with Crippen LogP contribution in [0.15, 0.2) is 36.4 Å². The molecular formula is C30H41N3O8. The predicted molar refractivity (Wildman–Crippen MR) is 153 cm³/mol. The minimum atomic E-state index is -0.701. The average Bonchev–Trinajstić information content (AvgIpc) is 2.97. The van der Waals surface area contributed by atoms with Crippen molar-refractivity contribution in [2.24, 2.45) is 5.92 Å². The third-order valence-electron chi connectivity index (χ3n) is 6.62. The first kappa shape index (κ1) is 33.1. The van der Waals surface area contributed by atoms with Crippen LogP contribution in [0.5, 0.6) is 11.5 Å². The van der Waals surface area contributed by atoms with Gasteiger partial charge in [0.15, 0.2) is 0 Å². The lowest BCUT2D eigenvalue weighted by atomic mass is 9.90. The number of rotatable bonds is 17. The molecule has 11 heteroatoms. The van der Waals surface area contributed by atoms with Crippen LogP contribution in [0.2, 0.25) is 0 Å². The van der Waals surface area contributed by atoms with Crippen molar-refractivity contribution < 1.29 is 39.0 Å². The first-order chi connectivity index (χ1) is 19.7. The van der Waals surface area contributed by atoms with E-state index in [0.29, 0.717) is 42.2 Å². The van der Waals surface area contributed by atoms with Crippen molar-refractivity contribution in [2.75, 3.05) is 19.9 Å². The molecule has 0 radical (unpaired) electrons. The topological polar surface area (TPSA) is 154 Å². The van der Waals surface area contributed by atoms with Crippen LogP contribution in [0.25, 0.3) is 11.1 Å². The van der Waals surface area contributed by atoms with Crippen LogP contribution in [0.3, 0.4) is 0 Å². The smallest absolute Gasteiger partial charge is 0.342 e. The molecule has 41 heavy (non-hydrogen) atoms. The van der Waals surface area contributed by atoms with E-state index in [0.717, 1.165) is 19.3 Å². The Morgan fingerprint density at radius 3 is 2.41 bits per heavy atom. The lowest BCUT2D eigenvalue weighted by Gasteiger charge is -2.29. The zero-order valence-corrected chi connectivity index (χ0v) is 24.1. The fraction of sp³-hybridized carbons (Fsp3) is 0.467. The number of nitrogens with one attached hydrogen (secondary N) is 2. The summed E-state index contributed by atoms with van der Waals surface area (Å²) in [4.78, 5) is 49.5. The maximum absolute atomic E-state index is 13.0. The van der Waals surface area contributed by atoms with Gasteiger partial charge in [-0.1, -0.05) is 45.2 Å². The Bertz CT molecular complexity index is 1190. The predicted octanol–water partition coefficient (Wildman–Crippen LogP) is 4.26. The van der Waals surface area contributed by atoms with Crippen molar-refractivity contribution in [3.05, 3.63) is 47.5 Å². The van der Waals surface area contributed by atoms with Gasteiger partial charge in [-0.15, -0.1) is 0 Å². The number of unbranched alkanes of at least 4 members (excludes halogenated alkanes) is 2. The highest BCUT2D eigenvalue weighted by Gasteiger charge is 2.30. The van der Waals surface area contributed by atoms with E-state index in [-0.39, 0.29) is 41.6 Å². The molecule has 0 bridgehead atoms. The molecule has 2 atom stereocenters. The van der Waals surface area contributed by atoms with Crippen molar-refractivity contribution in [1.29, 1.82) is 0 Å². The van der Waals surface area contributed by atoms with Crippen LogP contribution in [0.1, 0.15) is 80.5 Å². The second-order valence-electron chi connectivity index (χ2n) is 9.39. The molecule has 224 valence electrons. The number of benzene rings is 2. The largest absolute Gasteiger partial charge is 0.506 e. The molecule has 11 nitrogen and oxygen atoms in total. The number of hydrogen-bond donors (Lipinski definition) is 4. The quantitative estimate of drug-likeness (QED) is 0.0548. The molecule has 0 fully saturated rings. The lowest BCUT2D eigenvalue weighted by Crippen LogP contribution is -2.47. The minimum absolute atomic E-state index is 0.0553. The van der Waals surface area contributed by atoms with E-state index >= 15 is 0 Å². The Hall–Kier alpha value is -4.12. The Balaban J connectivity index is 2.20. The number of hydroxylamine groups is 2. The van der Waals surface area contributed by atoms with Crippen LogP contribution < -0.4 is 15.4 Å². The van der Waals surface area contributed by atoms with Gasteiger partial charge in [0.05, 0.1) is 31.8 Å². The number of hydrogen-bond acceptors (Lipinski definition) is 8. The molecule has 0 aromatic heterocycles. The van der Waals surface area contributed by atoms with Crippen molar-refractivity contribution in [3.8, 4) is 22.6 Å². The normalized spacial score (nSPS) is 12.1. The summed E-state index contributed by atoms with van der Waals surface area (Å²) in [6.07, 6.45) is 3.77.